The van der Waals surface area contributed by atoms with E-state index in [1.807, 2.05) is 0 Å². The lowest BCUT2D eigenvalue weighted by molar-refractivity contribution is -0.145. The van der Waals surface area contributed by atoms with E-state index in [0.717, 1.165) is 10.5 Å². The maximum absolute atomic E-state index is 13.4. The standard InChI is InChI=1S/C22H24FN3O8S/c1-32-10-11-33-22(29)26-15-4-8-18(26)20(21(27)28)25(13-15)35(30,31)17-7-9-19(24-12-17)34-16-5-2-14(23)3-6-16/h2-3,5-7,9,12,15,18,20H,4,8,10-11,13H2,1H3,(H,27,28)/t15-,18+,20-/m1/s1. The van der Waals surface area contributed by atoms with Crippen molar-refractivity contribution in [3.8, 4) is 11.6 Å². The Kier molecular flexibility index (Phi) is 7.19. The Morgan fingerprint density at radius 2 is 1.89 bits per heavy atom. The van der Waals surface area contributed by atoms with Crippen molar-refractivity contribution in [1.82, 2.24) is 14.2 Å². The number of nitrogens with zero attached hydrogens (tertiary/aromatic N) is 3. The van der Waals surface area contributed by atoms with Gasteiger partial charge in [0.05, 0.1) is 18.8 Å². The molecule has 11 nitrogen and oxygen atoms in total. The van der Waals surface area contributed by atoms with Gasteiger partial charge in [-0.15, -0.1) is 0 Å². The van der Waals surface area contributed by atoms with Crippen molar-refractivity contribution in [1.29, 1.82) is 0 Å². The summed E-state index contributed by atoms with van der Waals surface area (Å²) in [5.74, 6) is -1.41. The van der Waals surface area contributed by atoms with Crippen molar-refractivity contribution in [2.24, 2.45) is 0 Å². The van der Waals surface area contributed by atoms with Crippen LogP contribution in [0.3, 0.4) is 0 Å². The summed E-state index contributed by atoms with van der Waals surface area (Å²) in [7, 11) is -2.80. The fraction of sp³-hybridized carbons (Fsp3) is 0.409. The van der Waals surface area contributed by atoms with Gasteiger partial charge in [-0.2, -0.15) is 4.31 Å². The molecule has 1 N–H and O–H groups in total. The lowest BCUT2D eigenvalue weighted by Crippen LogP contribution is -2.64. The van der Waals surface area contributed by atoms with Crippen molar-refractivity contribution >= 4 is 22.1 Å². The summed E-state index contributed by atoms with van der Waals surface area (Å²) in [6, 6.07) is 4.92. The van der Waals surface area contributed by atoms with E-state index in [9.17, 15) is 27.5 Å². The number of amides is 1. The minimum absolute atomic E-state index is 0.00301. The number of fused-ring (bicyclic) bond motifs is 2. The number of piperazine rings is 1. The number of hydrogen-bond acceptors (Lipinski definition) is 8. The molecule has 1 aromatic heterocycles. The molecule has 2 bridgehead atoms. The molecule has 2 aliphatic rings. The molecule has 0 radical (unpaired) electrons. The number of carboxylic acids is 1. The number of methoxy groups -OCH3 is 1. The molecule has 0 aliphatic carbocycles. The van der Waals surface area contributed by atoms with E-state index in [1.165, 1.54) is 48.4 Å². The summed E-state index contributed by atoms with van der Waals surface area (Å²) in [5.41, 5.74) is 0. The van der Waals surface area contributed by atoms with Crippen LogP contribution in [0.15, 0.2) is 47.5 Å². The van der Waals surface area contributed by atoms with Gasteiger partial charge in [0.1, 0.15) is 29.1 Å². The number of aromatic nitrogens is 1. The monoisotopic (exact) mass is 509 g/mol. The predicted octanol–water partition coefficient (Wildman–Crippen LogP) is 2.09. The maximum Gasteiger partial charge on any atom is 0.410 e. The first kappa shape index (κ1) is 24.8. The van der Waals surface area contributed by atoms with Gasteiger partial charge in [-0.1, -0.05) is 0 Å². The Bertz CT molecular complexity index is 1180. The van der Waals surface area contributed by atoms with Gasteiger partial charge < -0.3 is 19.3 Å². The van der Waals surface area contributed by atoms with E-state index >= 15 is 0 Å². The second-order valence-corrected chi connectivity index (χ2v) is 9.95. The van der Waals surface area contributed by atoms with Crippen LogP contribution < -0.4 is 4.74 Å². The molecule has 3 atom stereocenters. The molecule has 13 heteroatoms. The molecule has 2 saturated heterocycles. The first-order chi connectivity index (χ1) is 16.7. The van der Waals surface area contributed by atoms with Crippen LogP contribution in [0.4, 0.5) is 9.18 Å². The third-order valence-corrected chi connectivity index (χ3v) is 7.77. The summed E-state index contributed by atoms with van der Waals surface area (Å²) in [5, 5.41) is 9.91. The van der Waals surface area contributed by atoms with Crippen LogP contribution in [-0.2, 0) is 24.3 Å². The first-order valence-corrected chi connectivity index (χ1v) is 12.2. The molecular weight excluding hydrogens is 485 g/mol. The number of pyridine rings is 1. The van der Waals surface area contributed by atoms with E-state index in [4.69, 9.17) is 14.2 Å². The highest BCUT2D eigenvalue weighted by atomic mass is 32.2. The van der Waals surface area contributed by atoms with Crippen molar-refractivity contribution in [3.05, 3.63) is 48.4 Å². The minimum atomic E-state index is -4.26. The van der Waals surface area contributed by atoms with E-state index in [0.29, 0.717) is 18.6 Å². The summed E-state index contributed by atoms with van der Waals surface area (Å²) in [4.78, 5) is 29.9. The number of carboxylic acid groups (broad SMARTS) is 1. The average Bonchev–Trinajstić information content (AvgIpc) is 3.13. The number of hydrogen-bond donors (Lipinski definition) is 1. The van der Waals surface area contributed by atoms with Crippen LogP contribution in [0.5, 0.6) is 11.6 Å². The summed E-state index contributed by atoms with van der Waals surface area (Å²) in [6.07, 6.45) is 1.15. The zero-order valence-corrected chi connectivity index (χ0v) is 19.6. The molecule has 35 heavy (non-hydrogen) atoms. The van der Waals surface area contributed by atoms with Crippen LogP contribution in [0.25, 0.3) is 0 Å². The van der Waals surface area contributed by atoms with Crippen LogP contribution in [-0.4, -0.2) is 84.8 Å². The number of sulfonamides is 1. The zero-order valence-electron chi connectivity index (χ0n) is 18.7. The second kappa shape index (κ2) is 10.1. The van der Waals surface area contributed by atoms with Crippen LogP contribution >= 0.6 is 0 Å². The summed E-state index contributed by atoms with van der Waals surface area (Å²) in [6.45, 7) is -0.00229. The van der Waals surface area contributed by atoms with Gasteiger partial charge in [-0.3, -0.25) is 9.69 Å². The lowest BCUT2D eigenvalue weighted by atomic mass is 10.1. The molecule has 2 fully saturated rings. The van der Waals surface area contributed by atoms with Gasteiger partial charge in [0.25, 0.3) is 0 Å². The van der Waals surface area contributed by atoms with Gasteiger partial charge in [0.2, 0.25) is 15.9 Å². The van der Waals surface area contributed by atoms with Gasteiger partial charge in [-0.25, -0.2) is 22.6 Å². The molecule has 0 unspecified atom stereocenters. The van der Waals surface area contributed by atoms with E-state index in [-0.39, 0.29) is 30.5 Å². The third kappa shape index (κ3) is 5.06. The number of carbonyl (C=O) groups excluding carboxylic acids is 1. The Morgan fingerprint density at radius 3 is 2.51 bits per heavy atom. The zero-order chi connectivity index (χ0) is 25.2. The highest BCUT2D eigenvalue weighted by molar-refractivity contribution is 7.89. The predicted molar refractivity (Wildman–Crippen MR) is 118 cm³/mol. The van der Waals surface area contributed by atoms with Crippen LogP contribution in [0, 0.1) is 5.82 Å². The molecular formula is C22H24FN3O8S. The topological polar surface area (TPSA) is 136 Å². The fourth-order valence-corrected chi connectivity index (χ4v) is 5.95. The van der Waals surface area contributed by atoms with E-state index < -0.39 is 46.0 Å². The number of halogens is 1. The highest BCUT2D eigenvalue weighted by Gasteiger charge is 2.55. The fourth-order valence-electron chi connectivity index (χ4n) is 4.36. The maximum atomic E-state index is 13.4. The van der Waals surface area contributed by atoms with Crippen molar-refractivity contribution in [2.75, 3.05) is 26.9 Å². The molecule has 4 rings (SSSR count). The Morgan fingerprint density at radius 1 is 1.14 bits per heavy atom. The molecule has 2 aromatic rings. The molecule has 3 heterocycles. The van der Waals surface area contributed by atoms with Gasteiger partial charge in [-0.05, 0) is 43.2 Å². The lowest BCUT2D eigenvalue weighted by Gasteiger charge is -2.43. The highest BCUT2D eigenvalue weighted by Crippen LogP contribution is 2.38. The quantitative estimate of drug-likeness (QED) is 0.531. The van der Waals surface area contributed by atoms with E-state index in [1.54, 1.807) is 0 Å². The smallest absolute Gasteiger partial charge is 0.410 e. The Balaban J connectivity index is 1.54. The molecule has 0 spiro atoms. The van der Waals surface area contributed by atoms with Crippen LogP contribution in [0.1, 0.15) is 12.8 Å². The Hall–Kier alpha value is -3.29. The minimum Gasteiger partial charge on any atom is -0.480 e. The number of carbonyl (C=O) groups is 2. The number of rotatable bonds is 8. The normalized spacial score (nSPS) is 22.1. The Labute approximate surface area is 201 Å². The van der Waals surface area contributed by atoms with Crippen molar-refractivity contribution < 1.29 is 41.7 Å². The van der Waals surface area contributed by atoms with E-state index in [2.05, 4.69) is 4.98 Å². The molecule has 188 valence electrons. The molecule has 1 amide bonds. The van der Waals surface area contributed by atoms with Crippen LogP contribution in [0.2, 0.25) is 0 Å². The number of benzene rings is 1. The second-order valence-electron chi connectivity index (χ2n) is 8.06. The third-order valence-electron chi connectivity index (χ3n) is 5.94. The van der Waals surface area contributed by atoms with Gasteiger partial charge >= 0.3 is 12.1 Å². The SMILES string of the molecule is COCCOC(=O)N1[C@@H]2CC[C@H]1[C@H](C(=O)O)N(S(=O)(=O)c1ccc(Oc3ccc(F)cc3)nc1)C2. The van der Waals surface area contributed by atoms with Crippen molar-refractivity contribution in [2.45, 2.75) is 35.9 Å². The summed E-state index contributed by atoms with van der Waals surface area (Å²) >= 11 is 0. The van der Waals surface area contributed by atoms with Crippen molar-refractivity contribution in [3.63, 3.8) is 0 Å². The number of aliphatic carboxylic acids is 1. The first-order valence-electron chi connectivity index (χ1n) is 10.8. The summed E-state index contributed by atoms with van der Waals surface area (Å²) < 4.78 is 56.3. The van der Waals surface area contributed by atoms with Gasteiger partial charge in [0.15, 0.2) is 0 Å². The average molecular weight is 510 g/mol. The molecule has 0 saturated carbocycles. The largest absolute Gasteiger partial charge is 0.480 e. The molecule has 1 aromatic carbocycles. The molecule has 2 aliphatic heterocycles. The number of ether oxygens (including phenoxy) is 3. The van der Waals surface area contributed by atoms with Gasteiger partial charge in [0, 0.05) is 25.8 Å².